The van der Waals surface area contributed by atoms with E-state index in [9.17, 15) is 81.1 Å². The van der Waals surface area contributed by atoms with Crippen molar-refractivity contribution in [3.8, 4) is 23.0 Å². The fourth-order valence-electron chi connectivity index (χ4n) is 7.75. The van der Waals surface area contributed by atoms with Crippen molar-refractivity contribution < 1.29 is 96.4 Å². The number of benzene rings is 2. The minimum atomic E-state index is -5.24. The summed E-state index contributed by atoms with van der Waals surface area (Å²) in [5.41, 5.74) is -0.694. The number of pyridine rings is 1. The molecule has 4 aromatic rings. The summed E-state index contributed by atoms with van der Waals surface area (Å²) in [7, 11) is -2.54. The van der Waals surface area contributed by atoms with Crippen LogP contribution >= 0.6 is 11.6 Å². The van der Waals surface area contributed by atoms with E-state index in [0.717, 1.165) is 30.5 Å². The third-order valence-corrected chi connectivity index (χ3v) is 14.5. The lowest BCUT2D eigenvalue weighted by atomic mass is 9.93. The number of alkyl halides is 8. The van der Waals surface area contributed by atoms with Gasteiger partial charge in [0.1, 0.15) is 69.9 Å². The average molecular weight is 1260 g/mol. The second-order valence-electron chi connectivity index (χ2n) is 18.2. The van der Waals surface area contributed by atoms with Crippen LogP contribution in [-0.2, 0) is 63.5 Å². The number of hydrogen-bond acceptors (Lipinski definition) is 13. The molecule has 0 bridgehead atoms. The van der Waals surface area contributed by atoms with Gasteiger partial charge in [-0.3, -0.25) is 47.6 Å². The van der Waals surface area contributed by atoms with Crippen LogP contribution in [0.15, 0.2) is 70.9 Å². The van der Waals surface area contributed by atoms with Gasteiger partial charge in [-0.2, -0.15) is 40.2 Å². The van der Waals surface area contributed by atoms with Crippen molar-refractivity contribution in [2.24, 2.45) is 10.7 Å². The van der Waals surface area contributed by atoms with Crippen molar-refractivity contribution in [3.63, 3.8) is 0 Å². The molecule has 1 fully saturated rings. The highest BCUT2D eigenvalue weighted by molar-refractivity contribution is 7.86. The van der Waals surface area contributed by atoms with Gasteiger partial charge < -0.3 is 26.4 Å². The molecule has 0 aliphatic heterocycles. The highest BCUT2D eigenvalue weighted by atomic mass is 35.5. The summed E-state index contributed by atoms with van der Waals surface area (Å²) in [5, 5.41) is 31.2. The molecule has 458 valence electrons. The minimum absolute atomic E-state index is 0.000417. The van der Waals surface area contributed by atoms with Gasteiger partial charge in [0.2, 0.25) is 5.91 Å². The van der Waals surface area contributed by atoms with Gasteiger partial charge in [0.15, 0.2) is 5.82 Å². The number of anilines is 1. The number of halogens is 11. The molecular weight excluding hydrogens is 1200 g/mol. The van der Waals surface area contributed by atoms with Gasteiger partial charge in [0, 0.05) is 65.1 Å². The van der Waals surface area contributed by atoms with Crippen LogP contribution < -0.4 is 15.4 Å². The summed E-state index contributed by atoms with van der Waals surface area (Å²) in [6.45, 7) is 3.92. The average Bonchev–Trinajstić information content (AvgIpc) is 2.49. The Morgan fingerprint density at radius 1 is 0.964 bits per heavy atom. The van der Waals surface area contributed by atoms with Crippen LogP contribution in [0.3, 0.4) is 0 Å². The molecule has 5 rings (SSSR count). The number of hydrogen-bond donors (Lipinski definition) is 5. The molecule has 19 nitrogen and oxygen atoms in total. The van der Waals surface area contributed by atoms with Crippen LogP contribution in [-0.4, -0.2) is 147 Å². The first kappa shape index (κ1) is 70.7. The summed E-state index contributed by atoms with van der Waals surface area (Å²) in [6, 6.07) is 4.22. The summed E-state index contributed by atoms with van der Waals surface area (Å²) in [5.74, 6) is -7.31. The van der Waals surface area contributed by atoms with E-state index in [1.807, 2.05) is 13.8 Å². The molecular formula is C52H55ClF10N8O11S2. The second-order valence-corrected chi connectivity index (χ2v) is 21.8. The molecule has 32 heteroatoms. The number of carbonyl (C=O) groups excluding carboxylic acids is 3. The maximum Gasteiger partial charge on any atom is 0.431 e. The predicted octanol–water partition coefficient (Wildman–Crippen LogP) is 7.87. The lowest BCUT2D eigenvalue weighted by Gasteiger charge is -2.23. The summed E-state index contributed by atoms with van der Waals surface area (Å²) in [6.07, 6.45) is -9.67. The Kier molecular flexibility index (Phi) is 25.1. The monoisotopic (exact) mass is 1260 g/mol. The third kappa shape index (κ3) is 19.5. The lowest BCUT2D eigenvalue weighted by molar-refractivity contribution is -0.149. The first-order valence-corrected chi connectivity index (χ1v) is 27.9. The molecule has 1 aliphatic rings. The number of carboxylic acids is 3. The molecule has 2 aromatic carbocycles. The number of aliphatic carboxylic acids is 3. The van der Waals surface area contributed by atoms with Crippen LogP contribution in [0.2, 0.25) is 5.02 Å². The lowest BCUT2D eigenvalue weighted by Crippen LogP contribution is -2.41. The largest absolute Gasteiger partial charge is 0.481 e. The molecule has 4 unspecified atom stereocenters. The van der Waals surface area contributed by atoms with Crippen LogP contribution in [0.5, 0.6) is 0 Å². The molecule has 4 atom stereocenters. The van der Waals surface area contributed by atoms with Crippen molar-refractivity contribution in [1.29, 1.82) is 0 Å². The molecule has 1 saturated carbocycles. The van der Waals surface area contributed by atoms with Gasteiger partial charge in [0.05, 0.1) is 40.5 Å². The minimum Gasteiger partial charge on any atom is -0.481 e. The number of likely N-dealkylation sites (N-methyl/N-ethyl adjacent to an activating group) is 1. The summed E-state index contributed by atoms with van der Waals surface area (Å²) < 4.78 is 168. The Labute approximate surface area is 483 Å². The molecule has 0 spiro atoms. The predicted molar refractivity (Wildman–Crippen MR) is 290 cm³/mol. The maximum atomic E-state index is 15.0. The van der Waals surface area contributed by atoms with Crippen molar-refractivity contribution >= 4 is 91.8 Å². The molecule has 84 heavy (non-hydrogen) atoms. The van der Waals surface area contributed by atoms with Crippen molar-refractivity contribution in [2.75, 3.05) is 37.0 Å². The Morgan fingerprint density at radius 2 is 1.57 bits per heavy atom. The topological polar surface area (TPSA) is 285 Å². The fourth-order valence-corrected chi connectivity index (χ4v) is 8.87. The summed E-state index contributed by atoms with van der Waals surface area (Å²) in [4.78, 5) is 78.6. The second kappa shape index (κ2) is 29.8. The Balaban J connectivity index is 0.000000944. The van der Waals surface area contributed by atoms with Gasteiger partial charge in [-0.05, 0) is 81.6 Å². The number of aldehydes is 1. The molecule has 2 aromatic heterocycles. The molecule has 6 N–H and O–H groups in total. The van der Waals surface area contributed by atoms with Gasteiger partial charge >= 0.3 is 30.3 Å². The smallest absolute Gasteiger partial charge is 0.431 e. The first-order valence-electron chi connectivity index (χ1n) is 24.4. The van der Waals surface area contributed by atoms with Crippen LogP contribution in [0, 0.1) is 23.5 Å². The number of carboxylic acid groups (broad SMARTS) is 3. The zero-order valence-electron chi connectivity index (χ0n) is 45.4. The first-order chi connectivity index (χ1) is 38.9. The quantitative estimate of drug-likeness (QED) is 0.0244. The van der Waals surface area contributed by atoms with Gasteiger partial charge in [-0.25, -0.2) is 22.3 Å². The number of amides is 2. The van der Waals surface area contributed by atoms with Crippen LogP contribution in [0.4, 0.5) is 49.7 Å². The number of rotatable bonds is 20. The van der Waals surface area contributed by atoms with Gasteiger partial charge in [-0.1, -0.05) is 37.4 Å². The molecule has 1 aliphatic carbocycles. The van der Waals surface area contributed by atoms with E-state index >= 15 is 0 Å². The van der Waals surface area contributed by atoms with Crippen molar-refractivity contribution in [3.05, 3.63) is 99.5 Å². The number of nitrogens with two attached hydrogens (primary N) is 1. The molecule has 0 saturated heterocycles. The standard InChI is InChI=1S/C42H36ClF10N7O5S2.C8H13NO6.C2H6/c1-39(2,66(3)64)13-11-25-7-8-26(27-9-10-29(43)33-35(27)59(21-41(48,49)50)58-38(33)60(67(4)65)32(63)6-5-15-61)34(56-25)30(18-22-16-23(44)19-24(45)17-22)57-31(62)20-55-37-28(12-14-40(37,46)47)36(54)42(51,52)53;1-9(3-2-6(10)11)5(8(14)15)4-7(12)13;1-2/h5-10,15-17,19,30H,12,14,18,20-21,54H2,1-4H3,(H,57,62);5H,2-4H2,1H3,(H,10,11)(H,12,13)(H,14,15);1-2H3/b6-5+,36-28-,55-37?;;. The number of allylic oxidation sites excluding steroid dienone is 3. The van der Waals surface area contributed by atoms with E-state index < -0.39 is 171 Å². The fraction of sp³-hybridized carbons (Fsp3) is 0.404. The molecule has 0 radical (unpaired) electrons. The zero-order chi connectivity index (χ0) is 64.0. The molecule has 2 heterocycles. The Bertz CT molecular complexity index is 3340. The number of carbonyl (C=O) groups is 6. The molecule has 2 amide bonds. The van der Waals surface area contributed by atoms with E-state index in [2.05, 4.69) is 32.2 Å². The maximum absolute atomic E-state index is 15.0. The van der Waals surface area contributed by atoms with E-state index in [0.29, 0.717) is 21.1 Å². The van der Waals surface area contributed by atoms with E-state index in [1.165, 1.54) is 50.2 Å². The Hall–Kier alpha value is -7.56. The van der Waals surface area contributed by atoms with Crippen LogP contribution in [0.1, 0.15) is 76.4 Å². The van der Waals surface area contributed by atoms with E-state index in [1.54, 1.807) is 0 Å². The van der Waals surface area contributed by atoms with Crippen molar-refractivity contribution in [1.82, 2.24) is 25.0 Å². The van der Waals surface area contributed by atoms with Crippen LogP contribution in [0.25, 0.3) is 22.0 Å². The van der Waals surface area contributed by atoms with E-state index in [4.69, 9.17) is 32.7 Å². The number of nitrogens with one attached hydrogen (secondary N) is 1. The van der Waals surface area contributed by atoms with Gasteiger partial charge in [0.25, 0.3) is 11.8 Å². The SMILES string of the molecule is CC.CN(CCC(=O)O)C(CC(=O)O)C(=O)O.CS(=O)N(C(=O)/C=C/C=O)c1nn(CC(F)(F)F)c2c(-c3ccc(C#CC(C)(C)S(C)=O)nc3C(Cc3cc(F)cc(F)c3)NC(=O)CN=C3/C(=C(\N)C(F)(F)F)CCC3(F)F)ccc(Cl)c12. The number of nitrogens with zero attached hydrogens (tertiary/aromatic N) is 6. The highest BCUT2D eigenvalue weighted by Gasteiger charge is 2.48. The highest BCUT2D eigenvalue weighted by Crippen LogP contribution is 2.43. The zero-order valence-corrected chi connectivity index (χ0v) is 47.8. The number of aliphatic imine (C=N–C) groups is 1. The van der Waals surface area contributed by atoms with E-state index in [-0.39, 0.29) is 52.4 Å². The number of aromatic nitrogens is 3. The summed E-state index contributed by atoms with van der Waals surface area (Å²) >= 11 is 6.60. The van der Waals surface area contributed by atoms with Gasteiger partial charge in [-0.15, -0.1) is 0 Å². The van der Waals surface area contributed by atoms with Crippen molar-refractivity contribution in [2.45, 2.75) is 101 Å². The Morgan fingerprint density at radius 3 is 2.10 bits per heavy atom. The number of fused-ring (bicyclic) bond motifs is 1. The third-order valence-electron chi connectivity index (χ3n) is 11.8. The normalized spacial score (nSPS) is 15.8.